The molecule has 2 aromatic heterocycles. The zero-order valence-electron chi connectivity index (χ0n) is 5.53. The number of aryl methyl sites for hydroxylation is 1. The van der Waals surface area contributed by atoms with Gasteiger partial charge in [0.15, 0.2) is 5.82 Å². The summed E-state index contributed by atoms with van der Waals surface area (Å²) in [7, 11) is 0. The van der Waals surface area contributed by atoms with Crippen molar-refractivity contribution in [2.75, 3.05) is 5.73 Å². The highest BCUT2D eigenvalue weighted by Gasteiger charge is 2.05. The van der Waals surface area contributed by atoms with Crippen molar-refractivity contribution < 1.29 is 4.42 Å². The molecular weight excluding hydrogens is 130 g/mol. The summed E-state index contributed by atoms with van der Waals surface area (Å²) < 4.78 is 6.85. The van der Waals surface area contributed by atoms with Crippen LogP contribution in [0.5, 0.6) is 0 Å². The molecule has 0 aliphatic rings. The molecular formula is C6H7N3O. The van der Waals surface area contributed by atoms with Crippen LogP contribution in [0.1, 0.15) is 5.82 Å². The summed E-state index contributed by atoms with van der Waals surface area (Å²) in [5.41, 5.74) is 6.12. The molecule has 4 nitrogen and oxygen atoms in total. The maximum absolute atomic E-state index is 5.50. The van der Waals surface area contributed by atoms with Gasteiger partial charge < -0.3 is 10.2 Å². The number of hydrogen-bond donors (Lipinski definition) is 1. The van der Waals surface area contributed by atoms with E-state index >= 15 is 0 Å². The van der Waals surface area contributed by atoms with Crippen LogP contribution >= 0.6 is 0 Å². The van der Waals surface area contributed by atoms with Crippen molar-refractivity contribution in [2.24, 2.45) is 0 Å². The minimum Gasteiger partial charge on any atom is -0.443 e. The van der Waals surface area contributed by atoms with Crippen LogP contribution in [-0.2, 0) is 0 Å². The van der Waals surface area contributed by atoms with E-state index in [-0.39, 0.29) is 0 Å². The molecule has 2 N–H and O–H groups in total. The van der Waals surface area contributed by atoms with Gasteiger partial charge in [0.1, 0.15) is 12.1 Å². The van der Waals surface area contributed by atoms with E-state index in [4.69, 9.17) is 10.2 Å². The van der Waals surface area contributed by atoms with E-state index in [1.807, 2.05) is 6.92 Å². The van der Waals surface area contributed by atoms with Gasteiger partial charge >= 0.3 is 0 Å². The minimum atomic E-state index is 0.447. The molecule has 4 heteroatoms. The number of rotatable bonds is 0. The normalized spacial score (nSPS) is 10.9. The van der Waals surface area contributed by atoms with Crippen molar-refractivity contribution in [1.29, 1.82) is 0 Å². The van der Waals surface area contributed by atoms with E-state index in [1.54, 1.807) is 16.9 Å². The van der Waals surface area contributed by atoms with E-state index in [0.717, 1.165) is 5.82 Å². The second kappa shape index (κ2) is 1.53. The second-order valence-corrected chi connectivity index (χ2v) is 2.12. The van der Waals surface area contributed by atoms with Gasteiger partial charge in [0.2, 0.25) is 5.71 Å². The number of nitrogen functional groups attached to an aromatic ring is 1. The summed E-state index contributed by atoms with van der Waals surface area (Å²) >= 11 is 0. The topological polar surface area (TPSA) is 56.5 Å². The predicted molar refractivity (Wildman–Crippen MR) is 36.6 cm³/mol. The lowest BCUT2D eigenvalue weighted by Gasteiger charge is -1.79. The Hall–Kier alpha value is -1.45. The molecule has 0 saturated heterocycles. The average Bonchev–Trinajstić information content (AvgIpc) is 2.39. The first-order valence-corrected chi connectivity index (χ1v) is 2.96. The molecule has 10 heavy (non-hydrogen) atoms. The van der Waals surface area contributed by atoms with Gasteiger partial charge in [-0.1, -0.05) is 0 Å². The summed E-state index contributed by atoms with van der Waals surface area (Å²) in [5, 5.41) is 0. The highest BCUT2D eigenvalue weighted by molar-refractivity contribution is 5.58. The molecule has 0 saturated carbocycles. The molecule has 0 bridgehead atoms. The van der Waals surface area contributed by atoms with Crippen molar-refractivity contribution in [3.63, 3.8) is 0 Å². The monoisotopic (exact) mass is 137 g/mol. The Labute approximate surface area is 57.3 Å². The molecule has 0 radical (unpaired) electrons. The van der Waals surface area contributed by atoms with Crippen LogP contribution in [0, 0.1) is 6.92 Å². The first-order valence-electron chi connectivity index (χ1n) is 2.96. The van der Waals surface area contributed by atoms with Crippen molar-refractivity contribution in [2.45, 2.75) is 6.92 Å². The van der Waals surface area contributed by atoms with E-state index in [0.29, 0.717) is 11.5 Å². The zero-order valence-corrected chi connectivity index (χ0v) is 5.53. The number of nitrogens with zero attached hydrogens (tertiary/aromatic N) is 2. The zero-order chi connectivity index (χ0) is 7.14. The van der Waals surface area contributed by atoms with Crippen molar-refractivity contribution >= 4 is 11.5 Å². The Bertz CT molecular complexity index is 328. The fraction of sp³-hybridized carbons (Fsp3) is 0.167. The van der Waals surface area contributed by atoms with Crippen molar-refractivity contribution in [3.05, 3.63) is 18.3 Å². The Morgan fingerprint density at radius 3 is 3.20 bits per heavy atom. The molecule has 2 aromatic rings. The first kappa shape index (κ1) is 5.34. The number of imidazole rings is 1. The summed E-state index contributed by atoms with van der Waals surface area (Å²) in [6.07, 6.45) is 3.37. The highest BCUT2D eigenvalue weighted by Crippen LogP contribution is 2.14. The number of oxazole rings is 1. The van der Waals surface area contributed by atoms with Gasteiger partial charge in [-0.15, -0.1) is 0 Å². The number of nitrogens with two attached hydrogens (primary N) is 1. The van der Waals surface area contributed by atoms with Crippen LogP contribution < -0.4 is 5.73 Å². The first-order chi connectivity index (χ1) is 4.79. The lowest BCUT2D eigenvalue weighted by Crippen LogP contribution is -1.82. The smallest absolute Gasteiger partial charge is 0.248 e. The van der Waals surface area contributed by atoms with Gasteiger partial charge in [0.25, 0.3) is 0 Å². The quantitative estimate of drug-likeness (QED) is 0.584. The fourth-order valence-electron chi connectivity index (χ4n) is 0.995. The lowest BCUT2D eigenvalue weighted by atomic mass is 10.7. The Morgan fingerprint density at radius 1 is 1.70 bits per heavy atom. The molecule has 0 aliphatic carbocycles. The van der Waals surface area contributed by atoms with Gasteiger partial charge in [-0.2, -0.15) is 0 Å². The second-order valence-electron chi connectivity index (χ2n) is 2.12. The Morgan fingerprint density at radius 2 is 2.50 bits per heavy atom. The predicted octanol–water partition coefficient (Wildman–Crippen LogP) is 0.818. The van der Waals surface area contributed by atoms with E-state index < -0.39 is 0 Å². The summed E-state index contributed by atoms with van der Waals surface area (Å²) in [6, 6.07) is 0. The number of fused-ring (bicyclic) bond motifs is 1. The highest BCUT2D eigenvalue weighted by atomic mass is 16.3. The largest absolute Gasteiger partial charge is 0.443 e. The van der Waals surface area contributed by atoms with Crippen LogP contribution in [0.25, 0.3) is 5.71 Å². The van der Waals surface area contributed by atoms with Crippen LogP contribution in [0.4, 0.5) is 5.82 Å². The molecule has 2 heterocycles. The third-order valence-corrected chi connectivity index (χ3v) is 1.46. The van der Waals surface area contributed by atoms with Gasteiger partial charge in [0, 0.05) is 6.20 Å². The fourth-order valence-corrected chi connectivity index (χ4v) is 0.995. The lowest BCUT2D eigenvalue weighted by molar-refractivity contribution is 0.609. The van der Waals surface area contributed by atoms with Gasteiger partial charge in [-0.25, -0.2) is 4.98 Å². The Kier molecular flexibility index (Phi) is 0.818. The van der Waals surface area contributed by atoms with E-state index in [1.165, 1.54) is 0 Å². The Balaban J connectivity index is 2.98. The summed E-state index contributed by atoms with van der Waals surface area (Å²) in [4.78, 5) is 4.00. The third kappa shape index (κ3) is 0.478. The summed E-state index contributed by atoms with van der Waals surface area (Å²) in [6.45, 7) is 1.87. The maximum Gasteiger partial charge on any atom is 0.248 e. The minimum absolute atomic E-state index is 0.447. The molecule has 0 aliphatic heterocycles. The molecule has 0 fully saturated rings. The molecule has 0 unspecified atom stereocenters. The number of anilines is 1. The molecule has 0 spiro atoms. The summed E-state index contributed by atoms with van der Waals surface area (Å²) in [5.74, 6) is 1.30. The SMILES string of the molecule is Cc1nc(N)c2occn12. The molecule has 52 valence electrons. The van der Waals surface area contributed by atoms with Crippen LogP contribution in [0.15, 0.2) is 16.9 Å². The molecule has 0 amide bonds. The number of aromatic nitrogens is 2. The van der Waals surface area contributed by atoms with E-state index in [2.05, 4.69) is 4.98 Å². The molecule has 2 rings (SSSR count). The van der Waals surface area contributed by atoms with Crippen molar-refractivity contribution in [3.8, 4) is 0 Å². The third-order valence-electron chi connectivity index (χ3n) is 1.46. The standard InChI is InChI=1S/C6H7N3O/c1-4-8-5(7)6-9(4)2-3-10-6/h2-3H,7H2,1H3. The van der Waals surface area contributed by atoms with Gasteiger partial charge in [-0.3, -0.25) is 4.40 Å². The van der Waals surface area contributed by atoms with Crippen LogP contribution in [0.2, 0.25) is 0 Å². The molecule has 0 aromatic carbocycles. The van der Waals surface area contributed by atoms with Crippen LogP contribution in [0.3, 0.4) is 0 Å². The average molecular weight is 137 g/mol. The number of hydrogen-bond acceptors (Lipinski definition) is 3. The maximum atomic E-state index is 5.50. The van der Waals surface area contributed by atoms with E-state index in [9.17, 15) is 0 Å². The molecule has 0 atom stereocenters. The van der Waals surface area contributed by atoms with Gasteiger partial charge in [-0.05, 0) is 6.92 Å². The van der Waals surface area contributed by atoms with Crippen LogP contribution in [-0.4, -0.2) is 9.38 Å². The van der Waals surface area contributed by atoms with Crippen molar-refractivity contribution in [1.82, 2.24) is 9.38 Å². The van der Waals surface area contributed by atoms with Gasteiger partial charge in [0.05, 0.1) is 0 Å².